The second kappa shape index (κ2) is 6.37. The topological polar surface area (TPSA) is 57.8 Å². The van der Waals surface area contributed by atoms with Crippen LogP contribution in [0.2, 0.25) is 5.02 Å². The Labute approximate surface area is 147 Å². The van der Waals surface area contributed by atoms with Gasteiger partial charge in [0.2, 0.25) is 0 Å². The molecule has 0 spiro atoms. The third kappa shape index (κ3) is 3.07. The summed E-state index contributed by atoms with van der Waals surface area (Å²) in [5, 5.41) is 5.71. The molecule has 2 N–H and O–H groups in total. The number of halogens is 2. The van der Waals surface area contributed by atoms with E-state index in [1.165, 1.54) is 23.5 Å². The molecular formula is C17H15ClFN3OS. The van der Waals surface area contributed by atoms with Crippen LogP contribution in [-0.4, -0.2) is 15.8 Å². The van der Waals surface area contributed by atoms with E-state index in [9.17, 15) is 9.18 Å². The maximum atomic E-state index is 13.2. The predicted octanol–water partition coefficient (Wildman–Crippen LogP) is 5.49. The Kier molecular flexibility index (Phi) is 4.43. The van der Waals surface area contributed by atoms with Crippen LogP contribution in [0, 0.1) is 19.7 Å². The summed E-state index contributed by atoms with van der Waals surface area (Å²) < 4.78 is 13.2. The summed E-state index contributed by atoms with van der Waals surface area (Å²) in [5.41, 5.74) is 4.68. The molecule has 124 valence electrons. The Morgan fingerprint density at radius 1 is 1.38 bits per heavy atom. The van der Waals surface area contributed by atoms with Crippen LogP contribution >= 0.6 is 22.9 Å². The van der Waals surface area contributed by atoms with Crippen LogP contribution < -0.4 is 5.32 Å². The molecule has 0 saturated heterocycles. The molecule has 2 aromatic heterocycles. The lowest BCUT2D eigenvalue weighted by Gasteiger charge is -2.03. The molecule has 7 heteroatoms. The van der Waals surface area contributed by atoms with E-state index in [1.54, 1.807) is 13.0 Å². The quantitative estimate of drug-likeness (QED) is 0.602. The third-order valence-corrected chi connectivity index (χ3v) is 4.77. The zero-order valence-electron chi connectivity index (χ0n) is 13.3. The van der Waals surface area contributed by atoms with Crippen molar-refractivity contribution in [2.75, 3.05) is 5.32 Å². The van der Waals surface area contributed by atoms with Crippen molar-refractivity contribution < 1.29 is 9.18 Å². The van der Waals surface area contributed by atoms with Gasteiger partial charge in [-0.05, 0) is 44.5 Å². The molecule has 0 bridgehead atoms. The molecule has 0 aliphatic carbocycles. The minimum Gasteiger partial charge on any atom is -0.356 e. The molecule has 0 aliphatic rings. The van der Waals surface area contributed by atoms with Crippen LogP contribution in [-0.2, 0) is 0 Å². The Bertz CT molecular complexity index is 932. The van der Waals surface area contributed by atoms with Gasteiger partial charge in [-0.15, -0.1) is 11.3 Å². The molecule has 3 aromatic rings. The van der Waals surface area contributed by atoms with Gasteiger partial charge >= 0.3 is 0 Å². The fourth-order valence-electron chi connectivity index (χ4n) is 2.68. The molecule has 0 radical (unpaired) electrons. The second-order valence-corrected chi connectivity index (χ2v) is 6.74. The highest BCUT2D eigenvalue weighted by molar-refractivity contribution is 7.14. The molecule has 0 saturated carbocycles. The number of nitrogens with zero attached hydrogens (tertiary/aromatic N) is 1. The van der Waals surface area contributed by atoms with Crippen molar-refractivity contribution in [1.29, 1.82) is 0 Å². The lowest BCUT2D eigenvalue weighted by Crippen LogP contribution is -1.95. The number of hydrogen-bond acceptors (Lipinski definition) is 4. The van der Waals surface area contributed by atoms with Crippen molar-refractivity contribution in [3.05, 3.63) is 51.2 Å². The Hall–Kier alpha value is -2.18. The summed E-state index contributed by atoms with van der Waals surface area (Å²) in [7, 11) is 0. The number of aromatic amines is 1. The number of aryl methyl sites for hydroxylation is 1. The van der Waals surface area contributed by atoms with Crippen molar-refractivity contribution >= 4 is 39.5 Å². The first-order chi connectivity index (χ1) is 11.4. The molecule has 1 aromatic carbocycles. The van der Waals surface area contributed by atoms with E-state index in [4.69, 9.17) is 11.6 Å². The lowest BCUT2D eigenvalue weighted by atomic mass is 10.1. The van der Waals surface area contributed by atoms with E-state index in [0.29, 0.717) is 16.4 Å². The van der Waals surface area contributed by atoms with Crippen LogP contribution in [0.4, 0.5) is 15.2 Å². The van der Waals surface area contributed by atoms with Crippen molar-refractivity contribution in [3.63, 3.8) is 0 Å². The van der Waals surface area contributed by atoms with E-state index in [1.807, 2.05) is 19.2 Å². The van der Waals surface area contributed by atoms with Crippen LogP contribution in [0.1, 0.15) is 28.5 Å². The molecule has 0 aliphatic heterocycles. The summed E-state index contributed by atoms with van der Waals surface area (Å²) >= 11 is 7.20. The zero-order valence-corrected chi connectivity index (χ0v) is 14.9. The molecule has 0 fully saturated rings. The van der Waals surface area contributed by atoms with Gasteiger partial charge in [-0.3, -0.25) is 4.79 Å². The van der Waals surface area contributed by atoms with E-state index in [0.717, 1.165) is 22.6 Å². The van der Waals surface area contributed by atoms with Gasteiger partial charge in [-0.2, -0.15) is 0 Å². The number of hydrogen-bond donors (Lipinski definition) is 2. The van der Waals surface area contributed by atoms with Gasteiger partial charge < -0.3 is 10.3 Å². The number of nitrogens with one attached hydrogen (secondary N) is 2. The van der Waals surface area contributed by atoms with Crippen LogP contribution in [0.15, 0.2) is 23.6 Å². The third-order valence-electron chi connectivity index (χ3n) is 3.72. The summed E-state index contributed by atoms with van der Waals surface area (Å²) in [5.74, 6) is -0.432. The minimum atomic E-state index is -0.462. The van der Waals surface area contributed by atoms with Crippen LogP contribution in [0.5, 0.6) is 0 Å². The van der Waals surface area contributed by atoms with E-state index < -0.39 is 5.82 Å². The monoisotopic (exact) mass is 363 g/mol. The van der Waals surface area contributed by atoms with Crippen molar-refractivity contribution in [2.45, 2.75) is 20.8 Å². The van der Waals surface area contributed by atoms with Gasteiger partial charge in [0.25, 0.3) is 0 Å². The Morgan fingerprint density at radius 2 is 2.12 bits per heavy atom. The Morgan fingerprint density at radius 3 is 2.75 bits per heavy atom. The van der Waals surface area contributed by atoms with Gasteiger partial charge in [0.15, 0.2) is 10.9 Å². The molecule has 0 atom stereocenters. The van der Waals surface area contributed by atoms with Crippen LogP contribution in [0.3, 0.4) is 0 Å². The number of carbonyl (C=O) groups is 1. The van der Waals surface area contributed by atoms with Crippen molar-refractivity contribution in [1.82, 2.24) is 9.97 Å². The van der Waals surface area contributed by atoms with Gasteiger partial charge in [-0.1, -0.05) is 11.6 Å². The number of carbonyl (C=O) groups excluding carboxylic acids is 1. The first-order valence-corrected chi connectivity index (χ1v) is 8.50. The number of rotatable bonds is 4. The number of aromatic nitrogens is 2. The predicted molar refractivity (Wildman–Crippen MR) is 96.1 cm³/mol. The van der Waals surface area contributed by atoms with E-state index in [-0.39, 0.29) is 10.8 Å². The minimum absolute atomic E-state index is 0.0297. The highest BCUT2D eigenvalue weighted by Crippen LogP contribution is 2.32. The zero-order chi connectivity index (χ0) is 17.4. The molecule has 2 heterocycles. The maximum absolute atomic E-state index is 13.2. The van der Waals surface area contributed by atoms with Crippen molar-refractivity contribution in [3.8, 4) is 11.4 Å². The maximum Gasteiger partial charge on any atom is 0.187 e. The SMILES string of the molecule is CC(=O)c1c(C)[nH]c(-c2csc(Nc3ccc(F)c(Cl)c3)n2)c1C. The average molecular weight is 364 g/mol. The molecule has 0 amide bonds. The highest BCUT2D eigenvalue weighted by Gasteiger charge is 2.18. The highest BCUT2D eigenvalue weighted by atomic mass is 35.5. The van der Waals surface area contributed by atoms with Gasteiger partial charge in [0, 0.05) is 22.3 Å². The molecular weight excluding hydrogens is 349 g/mol. The fraction of sp³-hybridized carbons (Fsp3) is 0.176. The number of Topliss-reactive ketones (excluding diaryl/α,β-unsaturated/α-hetero) is 1. The van der Waals surface area contributed by atoms with Gasteiger partial charge in [-0.25, -0.2) is 9.37 Å². The average Bonchev–Trinajstić information content (AvgIpc) is 3.07. The summed E-state index contributed by atoms with van der Waals surface area (Å²) in [6.07, 6.45) is 0. The number of anilines is 2. The molecule has 4 nitrogen and oxygen atoms in total. The largest absolute Gasteiger partial charge is 0.356 e. The first kappa shape index (κ1) is 16.7. The fourth-order valence-corrected chi connectivity index (χ4v) is 3.58. The summed E-state index contributed by atoms with van der Waals surface area (Å²) in [6.45, 7) is 5.33. The lowest BCUT2D eigenvalue weighted by molar-refractivity contribution is 0.101. The smallest absolute Gasteiger partial charge is 0.187 e. The van der Waals surface area contributed by atoms with E-state index >= 15 is 0 Å². The van der Waals surface area contributed by atoms with Crippen LogP contribution in [0.25, 0.3) is 11.4 Å². The summed E-state index contributed by atoms with van der Waals surface area (Å²) in [6, 6.07) is 4.41. The number of H-pyrrole nitrogens is 1. The molecule has 24 heavy (non-hydrogen) atoms. The number of thiazole rings is 1. The molecule has 3 rings (SSSR count). The number of ketones is 1. The van der Waals surface area contributed by atoms with Gasteiger partial charge in [0.05, 0.1) is 10.7 Å². The first-order valence-electron chi connectivity index (χ1n) is 7.25. The van der Waals surface area contributed by atoms with Crippen molar-refractivity contribution in [2.24, 2.45) is 0 Å². The summed E-state index contributed by atoms with van der Waals surface area (Å²) in [4.78, 5) is 19.5. The standard InChI is InChI=1S/C17H15ClFN3OS/c1-8-15(10(3)23)9(2)20-16(8)14-7-24-17(22-14)21-11-4-5-13(19)12(18)6-11/h4-7,20H,1-3H3,(H,21,22). The molecule has 0 unspecified atom stereocenters. The van der Waals surface area contributed by atoms with Gasteiger partial charge in [0.1, 0.15) is 11.5 Å². The number of benzene rings is 1. The normalized spacial score (nSPS) is 10.9. The Balaban J connectivity index is 1.90. The van der Waals surface area contributed by atoms with E-state index in [2.05, 4.69) is 15.3 Å². The second-order valence-electron chi connectivity index (χ2n) is 5.47.